The van der Waals surface area contributed by atoms with Gasteiger partial charge >= 0.3 is 6.09 Å². The van der Waals surface area contributed by atoms with Crippen molar-refractivity contribution in [2.24, 2.45) is 21.7 Å². The second-order valence-corrected chi connectivity index (χ2v) is 13.7. The maximum absolute atomic E-state index is 13.5. The Bertz CT molecular complexity index is 1360. The molecule has 212 valence electrons. The van der Waals surface area contributed by atoms with Crippen molar-refractivity contribution in [2.75, 3.05) is 13.7 Å². The van der Waals surface area contributed by atoms with Crippen molar-refractivity contribution in [2.45, 2.75) is 85.5 Å². The number of methoxy groups -OCH3 is 1. The van der Waals surface area contributed by atoms with E-state index in [1.54, 1.807) is 0 Å². The molecule has 0 spiro atoms. The Morgan fingerprint density at radius 3 is 2.40 bits per heavy atom. The second kappa shape index (κ2) is 10.7. The number of carbonyl (C=O) groups is 2. The maximum atomic E-state index is 13.5. The van der Waals surface area contributed by atoms with Gasteiger partial charge in [0.15, 0.2) is 6.71 Å². The Balaban J connectivity index is 1.28. The number of allylic oxidation sites excluding steroid dienone is 1. The summed E-state index contributed by atoms with van der Waals surface area (Å²) < 4.78 is 4.76. The molecule has 2 fully saturated rings. The summed E-state index contributed by atoms with van der Waals surface area (Å²) >= 11 is 0. The molecule has 5 rings (SSSR count). The lowest BCUT2D eigenvalue weighted by molar-refractivity contribution is -0.134. The number of carbonyl (C=O) groups excluding carboxylic acids is 2. The van der Waals surface area contributed by atoms with Crippen molar-refractivity contribution < 1.29 is 14.3 Å². The van der Waals surface area contributed by atoms with Gasteiger partial charge in [-0.1, -0.05) is 90.0 Å². The quantitative estimate of drug-likeness (QED) is 0.445. The number of amides is 2. The first-order chi connectivity index (χ1) is 18.9. The molecule has 3 aliphatic heterocycles. The van der Waals surface area contributed by atoms with Gasteiger partial charge in [-0.25, -0.2) is 4.79 Å². The van der Waals surface area contributed by atoms with E-state index in [1.165, 1.54) is 47.1 Å². The molecule has 0 bridgehead atoms. The van der Waals surface area contributed by atoms with E-state index >= 15 is 0 Å². The fourth-order valence-corrected chi connectivity index (χ4v) is 6.89. The fourth-order valence-electron chi connectivity index (χ4n) is 6.89. The summed E-state index contributed by atoms with van der Waals surface area (Å²) in [5, 5.41) is 5.26. The van der Waals surface area contributed by atoms with Crippen LogP contribution in [0, 0.1) is 16.7 Å². The van der Waals surface area contributed by atoms with Crippen LogP contribution in [0.25, 0.3) is 16.3 Å². The highest BCUT2D eigenvalue weighted by Gasteiger charge is 2.48. The van der Waals surface area contributed by atoms with E-state index in [-0.39, 0.29) is 17.9 Å². The number of nitrogens with one attached hydrogen (secondary N) is 1. The smallest absolute Gasteiger partial charge is 0.407 e. The van der Waals surface area contributed by atoms with Crippen LogP contribution in [-0.2, 0) is 9.53 Å². The molecular formula is C33H44BN3O3. The molecule has 0 aromatic heterocycles. The van der Waals surface area contributed by atoms with Gasteiger partial charge in [0.1, 0.15) is 6.04 Å². The van der Waals surface area contributed by atoms with E-state index in [4.69, 9.17) is 9.73 Å². The lowest BCUT2D eigenvalue weighted by Crippen LogP contribution is -2.53. The minimum atomic E-state index is -0.616. The first kappa shape index (κ1) is 28.4. The Hall–Kier alpha value is -3.09. The number of ether oxygens (including phenoxy) is 1. The first-order valence-electron chi connectivity index (χ1n) is 14.8. The molecule has 2 atom stereocenters. The van der Waals surface area contributed by atoms with E-state index in [9.17, 15) is 9.59 Å². The molecule has 2 saturated heterocycles. The van der Waals surface area contributed by atoms with Crippen molar-refractivity contribution in [1.82, 2.24) is 10.2 Å². The summed E-state index contributed by atoms with van der Waals surface area (Å²) in [4.78, 5) is 32.1. The number of rotatable bonds is 6. The normalized spacial score (nSPS) is 22.4. The Labute approximate surface area is 239 Å². The lowest BCUT2D eigenvalue weighted by atomic mass is 9.42. The number of aliphatic imine (C=N–C) groups is 1. The zero-order chi connectivity index (χ0) is 28.8. The van der Waals surface area contributed by atoms with Gasteiger partial charge in [0.05, 0.1) is 13.2 Å². The van der Waals surface area contributed by atoms with E-state index in [0.717, 1.165) is 25.0 Å². The number of likely N-dealkylation sites (tertiary alicyclic amines) is 1. The summed E-state index contributed by atoms with van der Waals surface area (Å²) in [6.45, 7) is 14.8. The third-order valence-corrected chi connectivity index (χ3v) is 10.1. The Kier molecular flexibility index (Phi) is 7.62. The van der Waals surface area contributed by atoms with Crippen LogP contribution in [0.3, 0.4) is 0 Å². The molecule has 6 nitrogen and oxygen atoms in total. The highest BCUT2D eigenvalue weighted by Crippen LogP contribution is 2.52. The van der Waals surface area contributed by atoms with Gasteiger partial charge in [0.2, 0.25) is 5.91 Å². The van der Waals surface area contributed by atoms with Crippen LogP contribution in [0.15, 0.2) is 47.6 Å². The molecule has 7 heteroatoms. The minimum Gasteiger partial charge on any atom is -0.453 e. The number of hydrogen-bond acceptors (Lipinski definition) is 4. The number of benzene rings is 2. The molecule has 2 amide bonds. The Morgan fingerprint density at radius 1 is 1.05 bits per heavy atom. The summed E-state index contributed by atoms with van der Waals surface area (Å²) in [7, 11) is 1.32. The molecule has 0 unspecified atom stereocenters. The van der Waals surface area contributed by atoms with Crippen LogP contribution in [-0.4, -0.2) is 55.1 Å². The third kappa shape index (κ3) is 5.32. The van der Waals surface area contributed by atoms with Crippen LogP contribution in [0.1, 0.15) is 66.4 Å². The monoisotopic (exact) mass is 541 g/mol. The maximum Gasteiger partial charge on any atom is 0.407 e. The molecule has 1 N–H and O–H groups in total. The Morgan fingerprint density at radius 2 is 1.73 bits per heavy atom. The summed E-state index contributed by atoms with van der Waals surface area (Å²) in [6, 6.07) is 13.1. The van der Waals surface area contributed by atoms with Crippen LogP contribution in [0.5, 0.6) is 0 Å². The summed E-state index contributed by atoms with van der Waals surface area (Å²) in [5.74, 6) is -0.105. The van der Waals surface area contributed by atoms with Crippen LogP contribution in [0.4, 0.5) is 4.79 Å². The van der Waals surface area contributed by atoms with Crippen molar-refractivity contribution >= 4 is 46.2 Å². The third-order valence-electron chi connectivity index (χ3n) is 10.1. The molecule has 3 aliphatic rings. The summed E-state index contributed by atoms with van der Waals surface area (Å²) in [6.07, 6.45) is 6.42. The average molecular weight is 542 g/mol. The zero-order valence-corrected chi connectivity index (χ0v) is 25.2. The molecule has 2 aromatic rings. The van der Waals surface area contributed by atoms with Gasteiger partial charge in [0.25, 0.3) is 0 Å². The highest BCUT2D eigenvalue weighted by atomic mass is 16.5. The molecular weight excluding hydrogens is 497 g/mol. The molecule has 0 saturated carbocycles. The van der Waals surface area contributed by atoms with Crippen molar-refractivity contribution in [3.63, 3.8) is 0 Å². The summed E-state index contributed by atoms with van der Waals surface area (Å²) in [5.41, 5.74) is 5.55. The number of fused-ring (bicyclic) bond motifs is 1. The molecule has 2 aromatic carbocycles. The van der Waals surface area contributed by atoms with Gasteiger partial charge in [0, 0.05) is 24.9 Å². The predicted octanol–water partition coefficient (Wildman–Crippen LogP) is 6.16. The predicted molar refractivity (Wildman–Crippen MR) is 165 cm³/mol. The molecule has 3 heterocycles. The number of alkyl carbamates (subject to hydrolysis) is 1. The second-order valence-electron chi connectivity index (χ2n) is 13.7. The topological polar surface area (TPSA) is 71.0 Å². The highest BCUT2D eigenvalue weighted by molar-refractivity contribution is 6.74. The van der Waals surface area contributed by atoms with Crippen molar-refractivity contribution in [1.29, 1.82) is 0 Å². The molecule has 0 radical (unpaired) electrons. The van der Waals surface area contributed by atoms with Gasteiger partial charge in [-0.2, -0.15) is 0 Å². The first-order valence-corrected chi connectivity index (χ1v) is 14.8. The van der Waals surface area contributed by atoms with Gasteiger partial charge in [-0.05, 0) is 57.6 Å². The number of hydrogen-bond donors (Lipinski definition) is 1. The fraction of sp³-hybridized carbons (Fsp3) is 0.545. The van der Waals surface area contributed by atoms with Gasteiger partial charge in [-0.15, -0.1) is 0 Å². The van der Waals surface area contributed by atoms with E-state index in [1.807, 2.05) is 24.9 Å². The average Bonchev–Trinajstić information content (AvgIpc) is 3.63. The van der Waals surface area contributed by atoms with Crippen LogP contribution < -0.4 is 10.8 Å². The van der Waals surface area contributed by atoms with E-state index in [2.05, 4.69) is 69.4 Å². The van der Waals surface area contributed by atoms with Crippen molar-refractivity contribution in [3.05, 3.63) is 48.2 Å². The largest absolute Gasteiger partial charge is 0.453 e. The van der Waals surface area contributed by atoms with E-state index < -0.39 is 12.1 Å². The zero-order valence-electron chi connectivity index (χ0n) is 25.2. The van der Waals surface area contributed by atoms with Gasteiger partial charge < -0.3 is 15.0 Å². The standard InChI is InChI=1S/C33H44BN3O3/c1-21(2)29(36-31(39)40-7)30(38)37-14-8-9-28(37)27-17-25(18-35-27)23-10-11-24-16-26(13-12-22(24)15-23)34-19-32(3,4)33(5,6)20-34/h10-13,15-16,18,21,28-29H,8-9,14,17,19-20H2,1-7H3,(H,36,39)/t28-,29-/m0/s1. The molecule has 0 aliphatic carbocycles. The van der Waals surface area contributed by atoms with Crippen LogP contribution >= 0.6 is 0 Å². The minimum absolute atomic E-state index is 0.0372. The number of nitrogens with zero attached hydrogens (tertiary/aromatic N) is 2. The van der Waals surface area contributed by atoms with Gasteiger partial charge in [-0.3, -0.25) is 9.79 Å². The lowest BCUT2D eigenvalue weighted by Gasteiger charge is -2.35. The van der Waals surface area contributed by atoms with Crippen LogP contribution in [0.2, 0.25) is 12.6 Å². The SMILES string of the molecule is COC(=O)N[C@H](C(=O)N1CCC[C@H]1C1=NC=C(c2ccc3cc(B4CC(C)(C)C(C)(C)C4)ccc3c2)C1)C(C)C. The molecule has 40 heavy (non-hydrogen) atoms. The van der Waals surface area contributed by atoms with E-state index in [0.29, 0.717) is 24.1 Å². The van der Waals surface area contributed by atoms with Crippen molar-refractivity contribution in [3.8, 4) is 0 Å².